The van der Waals surface area contributed by atoms with E-state index >= 15 is 0 Å². The number of hydrogen-bond acceptors (Lipinski definition) is 4. The summed E-state index contributed by atoms with van der Waals surface area (Å²) in [7, 11) is 0. The van der Waals surface area contributed by atoms with Gasteiger partial charge in [-0.25, -0.2) is 4.79 Å². The van der Waals surface area contributed by atoms with Crippen LogP contribution in [0.1, 0.15) is 84.8 Å². The molecule has 2 aliphatic rings. The Kier molecular flexibility index (Phi) is 6.59. The predicted octanol–water partition coefficient (Wildman–Crippen LogP) is 5.43. The Bertz CT molecular complexity index is 676. The van der Waals surface area contributed by atoms with Crippen LogP contribution in [0.25, 0.3) is 0 Å². The quantitative estimate of drug-likeness (QED) is 0.728. The van der Waals surface area contributed by atoms with Crippen molar-refractivity contribution in [2.45, 2.75) is 103 Å². The van der Waals surface area contributed by atoms with Crippen molar-refractivity contribution in [3.8, 4) is 0 Å². The van der Waals surface area contributed by atoms with Crippen LogP contribution in [0.15, 0.2) is 30.3 Å². The standard InChI is InChI=1S/C24H37NO4/c1-23(2,3)29-22(27)25-19(16-17-12-8-6-9-13-17)21(28-24(25,4)5)20(26)18-14-10-7-11-15-18/h7,10-11,14-15,17,19-21,26H,6,8-9,12-13,16H2,1-5H3/t19-,20+,21+/m0/s1. The summed E-state index contributed by atoms with van der Waals surface area (Å²) in [6.07, 6.45) is 5.29. The number of benzene rings is 1. The topological polar surface area (TPSA) is 59.0 Å². The van der Waals surface area contributed by atoms with Crippen LogP contribution in [0, 0.1) is 5.92 Å². The Hall–Kier alpha value is -1.59. The number of aliphatic hydroxyl groups excluding tert-OH is 1. The number of amides is 1. The highest BCUT2D eigenvalue weighted by Crippen LogP contribution is 2.43. The molecule has 29 heavy (non-hydrogen) atoms. The molecule has 1 saturated heterocycles. The summed E-state index contributed by atoms with van der Waals surface area (Å²) in [5, 5.41) is 11.2. The van der Waals surface area contributed by atoms with Crippen LogP contribution >= 0.6 is 0 Å². The molecule has 0 unspecified atom stereocenters. The number of ether oxygens (including phenoxy) is 2. The molecule has 5 heteroatoms. The highest BCUT2D eigenvalue weighted by atomic mass is 16.6. The molecule has 0 radical (unpaired) electrons. The Morgan fingerprint density at radius 1 is 1.21 bits per heavy atom. The van der Waals surface area contributed by atoms with E-state index in [0.29, 0.717) is 5.92 Å². The highest BCUT2D eigenvalue weighted by Gasteiger charge is 2.53. The Balaban J connectivity index is 1.90. The molecule has 0 spiro atoms. The predicted molar refractivity (Wildman–Crippen MR) is 113 cm³/mol. The van der Waals surface area contributed by atoms with E-state index in [1.807, 2.05) is 65.0 Å². The number of aliphatic hydroxyl groups is 1. The lowest BCUT2D eigenvalue weighted by atomic mass is 9.82. The van der Waals surface area contributed by atoms with Gasteiger partial charge in [0.15, 0.2) is 0 Å². The molecule has 1 N–H and O–H groups in total. The van der Waals surface area contributed by atoms with Crippen LogP contribution in [-0.4, -0.2) is 39.6 Å². The van der Waals surface area contributed by atoms with Crippen molar-refractivity contribution in [3.63, 3.8) is 0 Å². The lowest BCUT2D eigenvalue weighted by Gasteiger charge is -2.37. The Morgan fingerprint density at radius 2 is 1.83 bits per heavy atom. The first-order valence-corrected chi connectivity index (χ1v) is 11.0. The summed E-state index contributed by atoms with van der Waals surface area (Å²) in [6, 6.07) is 9.37. The first kappa shape index (κ1) is 22.1. The summed E-state index contributed by atoms with van der Waals surface area (Å²) in [4.78, 5) is 14.9. The van der Waals surface area contributed by atoms with E-state index in [4.69, 9.17) is 9.47 Å². The van der Waals surface area contributed by atoms with Gasteiger partial charge in [0.25, 0.3) is 0 Å². The zero-order chi connectivity index (χ0) is 21.2. The second kappa shape index (κ2) is 8.65. The van der Waals surface area contributed by atoms with Crippen LogP contribution in [0.5, 0.6) is 0 Å². The van der Waals surface area contributed by atoms with Gasteiger partial charge in [0, 0.05) is 0 Å². The molecule has 0 bridgehead atoms. The van der Waals surface area contributed by atoms with Crippen molar-refractivity contribution < 1.29 is 19.4 Å². The molecular weight excluding hydrogens is 366 g/mol. The zero-order valence-electron chi connectivity index (χ0n) is 18.6. The zero-order valence-corrected chi connectivity index (χ0v) is 18.6. The van der Waals surface area contributed by atoms with Gasteiger partial charge in [0.2, 0.25) is 0 Å². The van der Waals surface area contributed by atoms with Gasteiger partial charge in [0.05, 0.1) is 6.04 Å². The number of carbonyl (C=O) groups is 1. The van der Waals surface area contributed by atoms with Gasteiger partial charge in [-0.3, -0.25) is 4.90 Å². The molecule has 1 heterocycles. The lowest BCUT2D eigenvalue weighted by Crippen LogP contribution is -2.51. The molecular formula is C24H37NO4. The molecule has 162 valence electrons. The summed E-state index contributed by atoms with van der Waals surface area (Å²) < 4.78 is 12.1. The fourth-order valence-electron chi connectivity index (χ4n) is 4.80. The third-order valence-electron chi connectivity index (χ3n) is 6.06. The van der Waals surface area contributed by atoms with Gasteiger partial charge >= 0.3 is 6.09 Å². The maximum atomic E-state index is 13.2. The number of hydrogen-bond donors (Lipinski definition) is 1. The Labute approximate surface area is 175 Å². The second-order valence-electron chi connectivity index (χ2n) is 10.0. The average Bonchev–Trinajstić information content (AvgIpc) is 2.91. The molecule has 3 rings (SSSR count). The van der Waals surface area contributed by atoms with Crippen molar-refractivity contribution in [2.24, 2.45) is 5.92 Å². The third-order valence-corrected chi connectivity index (χ3v) is 6.06. The smallest absolute Gasteiger partial charge is 0.412 e. The van der Waals surface area contributed by atoms with Crippen molar-refractivity contribution in [1.82, 2.24) is 4.90 Å². The fourth-order valence-corrected chi connectivity index (χ4v) is 4.80. The maximum absolute atomic E-state index is 13.2. The average molecular weight is 404 g/mol. The van der Waals surface area contributed by atoms with Crippen molar-refractivity contribution in [2.75, 3.05) is 0 Å². The lowest BCUT2D eigenvalue weighted by molar-refractivity contribution is -0.104. The van der Waals surface area contributed by atoms with Crippen LogP contribution in [0.4, 0.5) is 4.79 Å². The molecule has 1 aromatic rings. The van der Waals surface area contributed by atoms with Crippen LogP contribution < -0.4 is 0 Å². The van der Waals surface area contributed by atoms with E-state index in [-0.39, 0.29) is 12.1 Å². The van der Waals surface area contributed by atoms with E-state index < -0.39 is 23.5 Å². The fraction of sp³-hybridized carbons (Fsp3) is 0.708. The van der Waals surface area contributed by atoms with Gasteiger partial charge in [-0.05, 0) is 52.5 Å². The van der Waals surface area contributed by atoms with E-state index in [1.165, 1.54) is 32.1 Å². The molecule has 1 amide bonds. The summed E-state index contributed by atoms with van der Waals surface area (Å²) >= 11 is 0. The minimum atomic E-state index is -0.845. The van der Waals surface area contributed by atoms with Gasteiger partial charge in [-0.2, -0.15) is 0 Å². The SMILES string of the molecule is CC(C)(C)OC(=O)N1[C@@H](CC2CCCCC2)[C@H]([C@H](O)c2ccccc2)OC1(C)C. The first-order chi connectivity index (χ1) is 13.6. The van der Waals surface area contributed by atoms with Crippen LogP contribution in [0.3, 0.4) is 0 Å². The largest absolute Gasteiger partial charge is 0.444 e. The van der Waals surface area contributed by atoms with Crippen molar-refractivity contribution >= 4 is 6.09 Å². The number of carbonyl (C=O) groups excluding carboxylic acids is 1. The molecule has 1 aromatic carbocycles. The van der Waals surface area contributed by atoms with Crippen molar-refractivity contribution in [1.29, 1.82) is 0 Å². The third kappa shape index (κ3) is 5.32. The summed E-state index contributed by atoms with van der Waals surface area (Å²) in [6.45, 7) is 9.41. The van der Waals surface area contributed by atoms with E-state index in [0.717, 1.165) is 12.0 Å². The van der Waals surface area contributed by atoms with E-state index in [9.17, 15) is 9.90 Å². The normalized spacial score (nSPS) is 26.3. The number of nitrogens with zero attached hydrogens (tertiary/aromatic N) is 1. The summed E-state index contributed by atoms with van der Waals surface area (Å²) in [5.74, 6) is 0.543. The number of rotatable bonds is 4. The van der Waals surface area contributed by atoms with Gasteiger partial charge in [-0.15, -0.1) is 0 Å². The monoisotopic (exact) mass is 403 g/mol. The molecule has 1 saturated carbocycles. The highest BCUT2D eigenvalue weighted by molar-refractivity contribution is 5.70. The second-order valence-corrected chi connectivity index (χ2v) is 10.0. The van der Waals surface area contributed by atoms with Crippen molar-refractivity contribution in [3.05, 3.63) is 35.9 Å². The molecule has 0 aromatic heterocycles. The van der Waals surface area contributed by atoms with Gasteiger partial charge in [0.1, 0.15) is 23.5 Å². The molecule has 3 atom stereocenters. The van der Waals surface area contributed by atoms with Crippen LogP contribution in [-0.2, 0) is 9.47 Å². The van der Waals surface area contributed by atoms with E-state index in [2.05, 4.69) is 0 Å². The molecule has 2 fully saturated rings. The summed E-state index contributed by atoms with van der Waals surface area (Å²) in [5.41, 5.74) is -0.617. The minimum absolute atomic E-state index is 0.224. The van der Waals surface area contributed by atoms with Gasteiger partial charge in [-0.1, -0.05) is 62.4 Å². The maximum Gasteiger partial charge on any atom is 0.412 e. The molecule has 5 nitrogen and oxygen atoms in total. The Morgan fingerprint density at radius 3 is 2.41 bits per heavy atom. The molecule has 1 aliphatic heterocycles. The van der Waals surface area contributed by atoms with Gasteiger partial charge < -0.3 is 14.6 Å². The first-order valence-electron chi connectivity index (χ1n) is 11.0. The molecule has 1 aliphatic carbocycles. The van der Waals surface area contributed by atoms with Crippen LogP contribution in [0.2, 0.25) is 0 Å². The minimum Gasteiger partial charge on any atom is -0.444 e. The van der Waals surface area contributed by atoms with E-state index in [1.54, 1.807) is 4.90 Å².